The fourth-order valence-corrected chi connectivity index (χ4v) is 0.661. The molecular formula is C6H5ClO2. The molecule has 48 valence electrons. The van der Waals surface area contributed by atoms with E-state index in [1.54, 1.807) is 0 Å². The van der Waals surface area contributed by atoms with E-state index < -0.39 is 10.8 Å². The lowest BCUT2D eigenvalue weighted by Crippen LogP contribution is -2.29. The van der Waals surface area contributed by atoms with Crippen molar-refractivity contribution in [1.82, 2.24) is 0 Å². The standard InChI is InChI=1S/C6H5ClO2/c7-6(9)4-2-1-3-5(6)8/h1-4,9H. The number of halogens is 1. The molecule has 1 atom stereocenters. The van der Waals surface area contributed by atoms with Gasteiger partial charge in [-0.25, -0.2) is 0 Å². The van der Waals surface area contributed by atoms with Crippen molar-refractivity contribution in [2.75, 3.05) is 0 Å². The number of hydrogen-bond acceptors (Lipinski definition) is 2. The van der Waals surface area contributed by atoms with Crippen LogP contribution >= 0.6 is 11.6 Å². The Labute approximate surface area is 57.4 Å². The van der Waals surface area contributed by atoms with E-state index in [9.17, 15) is 4.79 Å². The minimum atomic E-state index is -1.80. The van der Waals surface area contributed by atoms with Crippen LogP contribution in [-0.4, -0.2) is 16.0 Å². The normalized spacial score (nSPS) is 33.3. The average molecular weight is 145 g/mol. The van der Waals surface area contributed by atoms with E-state index in [0.29, 0.717) is 0 Å². The van der Waals surface area contributed by atoms with E-state index in [1.165, 1.54) is 24.3 Å². The van der Waals surface area contributed by atoms with Crippen molar-refractivity contribution in [2.45, 2.75) is 5.06 Å². The summed E-state index contributed by atoms with van der Waals surface area (Å²) in [5.41, 5.74) is 0. The van der Waals surface area contributed by atoms with E-state index in [1.807, 2.05) is 0 Å². The first-order chi connectivity index (χ1) is 4.13. The summed E-state index contributed by atoms with van der Waals surface area (Å²) >= 11 is 5.29. The first kappa shape index (κ1) is 6.52. The fourth-order valence-electron chi connectivity index (χ4n) is 0.525. The van der Waals surface area contributed by atoms with Crippen LogP contribution in [0.5, 0.6) is 0 Å². The summed E-state index contributed by atoms with van der Waals surface area (Å²) in [5, 5.41) is 7.12. The number of allylic oxidation sites excluding steroid dienone is 2. The van der Waals surface area contributed by atoms with Gasteiger partial charge in [-0.1, -0.05) is 23.8 Å². The van der Waals surface area contributed by atoms with E-state index >= 15 is 0 Å². The lowest BCUT2D eigenvalue weighted by Gasteiger charge is -2.13. The maximum absolute atomic E-state index is 10.6. The molecule has 1 aliphatic carbocycles. The second kappa shape index (κ2) is 1.97. The molecule has 0 amide bonds. The summed E-state index contributed by atoms with van der Waals surface area (Å²) < 4.78 is 0. The molecule has 0 aliphatic heterocycles. The number of aliphatic hydroxyl groups is 1. The quantitative estimate of drug-likeness (QED) is 0.506. The molecule has 9 heavy (non-hydrogen) atoms. The molecule has 1 unspecified atom stereocenters. The topological polar surface area (TPSA) is 37.3 Å². The van der Waals surface area contributed by atoms with Crippen LogP contribution in [0, 0.1) is 0 Å². The Bertz CT molecular complexity index is 191. The van der Waals surface area contributed by atoms with Crippen molar-refractivity contribution in [3.8, 4) is 0 Å². The predicted octanol–water partition coefficient (Wildman–Crippen LogP) is 0.609. The summed E-state index contributed by atoms with van der Waals surface area (Å²) in [4.78, 5) is 10.6. The van der Waals surface area contributed by atoms with Gasteiger partial charge in [0.2, 0.25) is 10.8 Å². The highest BCUT2D eigenvalue weighted by molar-refractivity contribution is 6.37. The van der Waals surface area contributed by atoms with Gasteiger partial charge in [0.1, 0.15) is 0 Å². The molecule has 0 aromatic heterocycles. The van der Waals surface area contributed by atoms with Gasteiger partial charge >= 0.3 is 0 Å². The lowest BCUT2D eigenvalue weighted by atomic mass is 10.1. The zero-order valence-corrected chi connectivity index (χ0v) is 5.30. The zero-order chi connectivity index (χ0) is 6.91. The molecule has 1 N–H and O–H groups in total. The van der Waals surface area contributed by atoms with E-state index in [4.69, 9.17) is 16.7 Å². The Morgan fingerprint density at radius 1 is 1.56 bits per heavy atom. The Morgan fingerprint density at radius 2 is 2.22 bits per heavy atom. The Balaban J connectivity index is 2.91. The number of hydrogen-bond donors (Lipinski definition) is 1. The van der Waals surface area contributed by atoms with Crippen LogP contribution in [0.3, 0.4) is 0 Å². The molecule has 1 aliphatic rings. The number of rotatable bonds is 0. The number of ketones is 1. The molecule has 0 heterocycles. The van der Waals surface area contributed by atoms with Gasteiger partial charge in [0, 0.05) is 0 Å². The Morgan fingerprint density at radius 3 is 2.56 bits per heavy atom. The summed E-state index contributed by atoms with van der Waals surface area (Å²) in [6.07, 6.45) is 5.51. The number of carbonyl (C=O) groups is 1. The van der Waals surface area contributed by atoms with Gasteiger partial charge in [-0.05, 0) is 12.2 Å². The molecule has 3 heteroatoms. The summed E-state index contributed by atoms with van der Waals surface area (Å²) in [6, 6.07) is 0. The van der Waals surface area contributed by atoms with Crippen LogP contribution in [0.15, 0.2) is 24.3 Å². The molecule has 0 saturated heterocycles. The van der Waals surface area contributed by atoms with Gasteiger partial charge < -0.3 is 5.11 Å². The molecule has 0 aromatic rings. The molecule has 0 fully saturated rings. The van der Waals surface area contributed by atoms with E-state index in [-0.39, 0.29) is 0 Å². The summed E-state index contributed by atoms with van der Waals surface area (Å²) in [5.74, 6) is -0.494. The molecule has 0 aromatic carbocycles. The first-order valence-corrected chi connectivity index (χ1v) is 2.82. The molecular weight excluding hydrogens is 140 g/mol. The van der Waals surface area contributed by atoms with Gasteiger partial charge in [0.15, 0.2) is 0 Å². The van der Waals surface area contributed by atoms with Gasteiger partial charge in [-0.2, -0.15) is 0 Å². The fraction of sp³-hybridized carbons (Fsp3) is 0.167. The largest absolute Gasteiger partial charge is 0.365 e. The lowest BCUT2D eigenvalue weighted by molar-refractivity contribution is -0.122. The van der Waals surface area contributed by atoms with Crippen LogP contribution in [-0.2, 0) is 4.79 Å². The predicted molar refractivity (Wildman–Crippen MR) is 34.1 cm³/mol. The molecule has 0 bridgehead atoms. The van der Waals surface area contributed by atoms with Crippen molar-refractivity contribution in [2.24, 2.45) is 0 Å². The van der Waals surface area contributed by atoms with Crippen molar-refractivity contribution in [3.05, 3.63) is 24.3 Å². The van der Waals surface area contributed by atoms with Crippen LogP contribution in [0.4, 0.5) is 0 Å². The molecule has 0 spiro atoms. The highest BCUT2D eigenvalue weighted by atomic mass is 35.5. The van der Waals surface area contributed by atoms with Gasteiger partial charge in [-0.3, -0.25) is 4.79 Å². The highest BCUT2D eigenvalue weighted by Crippen LogP contribution is 2.17. The van der Waals surface area contributed by atoms with E-state index in [2.05, 4.69) is 0 Å². The SMILES string of the molecule is O=C1C=CC=CC1(O)Cl. The highest BCUT2D eigenvalue weighted by Gasteiger charge is 2.28. The van der Waals surface area contributed by atoms with Crippen molar-refractivity contribution in [1.29, 1.82) is 0 Å². The second-order valence-corrected chi connectivity index (χ2v) is 2.33. The molecule has 0 radical (unpaired) electrons. The van der Waals surface area contributed by atoms with Gasteiger partial charge in [0.05, 0.1) is 0 Å². The van der Waals surface area contributed by atoms with Crippen molar-refractivity contribution < 1.29 is 9.90 Å². The summed E-state index contributed by atoms with van der Waals surface area (Å²) in [6.45, 7) is 0. The smallest absolute Gasteiger partial charge is 0.221 e. The third kappa shape index (κ3) is 1.20. The molecule has 1 rings (SSSR count). The van der Waals surface area contributed by atoms with E-state index in [0.717, 1.165) is 0 Å². The minimum Gasteiger partial charge on any atom is -0.365 e. The third-order valence-electron chi connectivity index (χ3n) is 1.02. The van der Waals surface area contributed by atoms with Gasteiger partial charge in [0.25, 0.3) is 0 Å². The number of carbonyl (C=O) groups excluding carboxylic acids is 1. The minimum absolute atomic E-state index is 0.494. The summed E-state index contributed by atoms with van der Waals surface area (Å²) in [7, 11) is 0. The maximum atomic E-state index is 10.6. The average Bonchev–Trinajstić information content (AvgIpc) is 1.77. The van der Waals surface area contributed by atoms with Crippen LogP contribution in [0.2, 0.25) is 0 Å². The van der Waals surface area contributed by atoms with Crippen LogP contribution in [0.25, 0.3) is 0 Å². The zero-order valence-electron chi connectivity index (χ0n) is 4.54. The third-order valence-corrected chi connectivity index (χ3v) is 1.33. The second-order valence-electron chi connectivity index (χ2n) is 1.76. The van der Waals surface area contributed by atoms with Crippen molar-refractivity contribution >= 4 is 17.4 Å². The van der Waals surface area contributed by atoms with Crippen LogP contribution in [0.1, 0.15) is 0 Å². The number of alkyl halides is 1. The molecule has 2 nitrogen and oxygen atoms in total. The Hall–Kier alpha value is -0.600. The Kier molecular flexibility index (Phi) is 1.43. The van der Waals surface area contributed by atoms with Crippen molar-refractivity contribution in [3.63, 3.8) is 0 Å². The monoisotopic (exact) mass is 144 g/mol. The first-order valence-electron chi connectivity index (χ1n) is 2.44. The van der Waals surface area contributed by atoms with Crippen LogP contribution < -0.4 is 0 Å². The van der Waals surface area contributed by atoms with Gasteiger partial charge in [-0.15, -0.1) is 0 Å². The maximum Gasteiger partial charge on any atom is 0.221 e. The molecule has 0 saturated carbocycles.